The van der Waals surface area contributed by atoms with Crippen LogP contribution in [-0.2, 0) is 17.2 Å². The maximum Gasteiger partial charge on any atom is 0.0459 e. The highest BCUT2D eigenvalue weighted by Gasteiger charge is 2.40. The monoisotopic (exact) mass is 330 g/mol. The number of nitrogens with zero attached hydrogens (tertiary/aromatic N) is 1. The first-order valence-electron chi connectivity index (χ1n) is 8.80. The summed E-state index contributed by atoms with van der Waals surface area (Å²) in [7, 11) is -0.701. The Morgan fingerprint density at radius 2 is 2.26 bits per heavy atom. The minimum absolute atomic E-state index is 0.560. The van der Waals surface area contributed by atoms with E-state index in [0.717, 1.165) is 25.3 Å². The smallest absolute Gasteiger partial charge is 0.0459 e. The second-order valence-corrected chi connectivity index (χ2v) is 8.78. The van der Waals surface area contributed by atoms with E-state index in [1.54, 1.807) is 0 Å². The summed E-state index contributed by atoms with van der Waals surface area (Å²) < 4.78 is 11.8. The molecule has 4 atom stereocenters. The van der Waals surface area contributed by atoms with E-state index in [0.29, 0.717) is 17.9 Å². The summed E-state index contributed by atoms with van der Waals surface area (Å²) in [5.41, 5.74) is 4.28. The van der Waals surface area contributed by atoms with Crippen LogP contribution in [0.25, 0.3) is 10.9 Å². The second-order valence-electron chi connectivity index (χ2n) is 7.30. The number of nitrogens with one attached hydrogen (secondary N) is 1. The van der Waals surface area contributed by atoms with Crippen LogP contribution in [0, 0.1) is 5.92 Å². The van der Waals surface area contributed by atoms with Crippen LogP contribution in [0.3, 0.4) is 0 Å². The fourth-order valence-electron chi connectivity index (χ4n) is 4.90. The molecule has 1 aliphatic carbocycles. The van der Waals surface area contributed by atoms with Gasteiger partial charge in [0.05, 0.1) is 0 Å². The van der Waals surface area contributed by atoms with E-state index in [1.165, 1.54) is 34.9 Å². The van der Waals surface area contributed by atoms with Crippen molar-refractivity contribution in [3.63, 3.8) is 0 Å². The molecule has 0 saturated carbocycles. The molecule has 2 heterocycles. The van der Waals surface area contributed by atoms with E-state index < -0.39 is 10.8 Å². The van der Waals surface area contributed by atoms with Crippen molar-refractivity contribution < 1.29 is 4.21 Å². The lowest BCUT2D eigenvalue weighted by atomic mass is 9.72. The highest BCUT2D eigenvalue weighted by Crippen LogP contribution is 2.44. The molecule has 0 spiro atoms. The molecule has 1 aromatic heterocycles. The number of aromatic amines is 1. The average Bonchev–Trinajstić information content (AvgIpc) is 2.93. The second kappa shape index (κ2) is 6.06. The first kappa shape index (κ1) is 15.4. The van der Waals surface area contributed by atoms with E-state index in [-0.39, 0.29) is 0 Å². The molecule has 4 rings (SSSR count). The van der Waals surface area contributed by atoms with E-state index in [4.69, 9.17) is 0 Å². The minimum atomic E-state index is -0.701. The summed E-state index contributed by atoms with van der Waals surface area (Å²) in [5, 5.41) is 1.46. The fraction of sp³-hybridized carbons (Fsp3) is 0.579. The summed E-state index contributed by atoms with van der Waals surface area (Å²) in [5.74, 6) is 2.00. The maximum absolute atomic E-state index is 11.8. The molecule has 1 aliphatic heterocycles. The van der Waals surface area contributed by atoms with Crippen LogP contribution >= 0.6 is 0 Å². The predicted molar refractivity (Wildman–Crippen MR) is 97.4 cm³/mol. The molecule has 0 amide bonds. The van der Waals surface area contributed by atoms with Crippen molar-refractivity contribution in [1.82, 2.24) is 9.88 Å². The van der Waals surface area contributed by atoms with Gasteiger partial charge < -0.3 is 4.98 Å². The third-order valence-corrected chi connectivity index (χ3v) is 6.58. The van der Waals surface area contributed by atoms with Gasteiger partial charge in [-0.2, -0.15) is 0 Å². The molecule has 1 saturated heterocycles. The van der Waals surface area contributed by atoms with Crippen LogP contribution < -0.4 is 0 Å². The maximum atomic E-state index is 11.8. The van der Waals surface area contributed by atoms with Crippen LogP contribution in [0.1, 0.15) is 36.8 Å². The molecule has 2 aliphatic rings. The Bertz CT molecular complexity index is 738. The molecule has 0 unspecified atom stereocenters. The summed E-state index contributed by atoms with van der Waals surface area (Å²) in [6.45, 7) is 4.54. The van der Waals surface area contributed by atoms with Gasteiger partial charge in [-0.05, 0) is 48.9 Å². The number of hydrogen-bond acceptors (Lipinski definition) is 2. The molecule has 3 nitrogen and oxygen atoms in total. The molecular formula is C19H26N2OS. The van der Waals surface area contributed by atoms with Gasteiger partial charge in [0.25, 0.3) is 0 Å². The lowest BCUT2D eigenvalue weighted by molar-refractivity contribution is 0.0923. The van der Waals surface area contributed by atoms with Crippen molar-refractivity contribution in [1.29, 1.82) is 0 Å². The van der Waals surface area contributed by atoms with Crippen LogP contribution in [0.2, 0.25) is 0 Å². The van der Waals surface area contributed by atoms with Crippen molar-refractivity contribution in [2.75, 3.05) is 25.1 Å². The SMILES string of the molecule is CCCN1C[C@H](C[S@@](C)=O)C[C@@H]2c3cccc4[nH]cc(c34)C[C@H]21. The van der Waals surface area contributed by atoms with Gasteiger partial charge in [0.1, 0.15) is 0 Å². The molecule has 23 heavy (non-hydrogen) atoms. The Morgan fingerprint density at radius 3 is 3.04 bits per heavy atom. The van der Waals surface area contributed by atoms with Gasteiger partial charge in [-0.3, -0.25) is 9.11 Å². The van der Waals surface area contributed by atoms with Crippen LogP contribution in [0.4, 0.5) is 0 Å². The highest BCUT2D eigenvalue weighted by atomic mass is 32.2. The van der Waals surface area contributed by atoms with Crippen molar-refractivity contribution in [3.8, 4) is 0 Å². The Labute approximate surface area is 140 Å². The zero-order valence-electron chi connectivity index (χ0n) is 14.0. The average molecular weight is 330 g/mol. The van der Waals surface area contributed by atoms with Gasteiger partial charge in [0.15, 0.2) is 0 Å². The van der Waals surface area contributed by atoms with Crippen LogP contribution in [-0.4, -0.2) is 45.2 Å². The molecule has 0 bridgehead atoms. The number of H-pyrrole nitrogens is 1. The van der Waals surface area contributed by atoms with Gasteiger partial charge in [0.2, 0.25) is 0 Å². The zero-order valence-corrected chi connectivity index (χ0v) is 14.9. The summed E-state index contributed by atoms with van der Waals surface area (Å²) >= 11 is 0. The van der Waals surface area contributed by atoms with Crippen molar-refractivity contribution in [2.24, 2.45) is 5.92 Å². The Kier molecular flexibility index (Phi) is 4.06. The van der Waals surface area contributed by atoms with Crippen molar-refractivity contribution in [3.05, 3.63) is 35.5 Å². The lowest BCUT2D eigenvalue weighted by Crippen LogP contribution is -2.51. The number of likely N-dealkylation sites (tertiary alicyclic amines) is 1. The zero-order chi connectivity index (χ0) is 16.0. The van der Waals surface area contributed by atoms with Crippen LogP contribution in [0.15, 0.2) is 24.4 Å². The molecule has 1 fully saturated rings. The standard InChI is InChI=1S/C19H26N2OS/c1-3-7-21-11-13(12-23(2)22)8-16-15-5-4-6-17-19(15)14(10-20-17)9-18(16)21/h4-6,10,13,16,18,20H,3,7-9,11-12H2,1-2H3/t13-,16-,18-,23-/m1/s1. The van der Waals surface area contributed by atoms with Gasteiger partial charge >= 0.3 is 0 Å². The van der Waals surface area contributed by atoms with E-state index in [2.05, 4.69) is 41.2 Å². The largest absolute Gasteiger partial charge is 0.361 e. The van der Waals surface area contributed by atoms with Crippen LogP contribution in [0.5, 0.6) is 0 Å². The number of fused-ring (bicyclic) bond motifs is 2. The first-order chi connectivity index (χ1) is 11.2. The number of piperidine rings is 1. The van der Waals surface area contributed by atoms with Crippen molar-refractivity contribution in [2.45, 2.75) is 38.1 Å². The third-order valence-electron chi connectivity index (χ3n) is 5.64. The molecule has 1 N–H and O–H groups in total. The third kappa shape index (κ3) is 2.66. The number of rotatable bonds is 4. The van der Waals surface area contributed by atoms with Gasteiger partial charge in [-0.15, -0.1) is 0 Å². The lowest BCUT2D eigenvalue weighted by Gasteiger charge is -2.47. The van der Waals surface area contributed by atoms with Crippen molar-refractivity contribution >= 4 is 21.7 Å². The first-order valence-corrected chi connectivity index (χ1v) is 10.5. The fourth-order valence-corrected chi connectivity index (χ4v) is 5.80. The summed E-state index contributed by atoms with van der Waals surface area (Å²) in [6.07, 6.45) is 7.59. The highest BCUT2D eigenvalue weighted by molar-refractivity contribution is 7.84. The number of hydrogen-bond donors (Lipinski definition) is 1. The van der Waals surface area contributed by atoms with Gasteiger partial charge in [-0.25, -0.2) is 0 Å². The minimum Gasteiger partial charge on any atom is -0.361 e. The topological polar surface area (TPSA) is 36.1 Å². The normalized spacial score (nSPS) is 28.7. The van der Waals surface area contributed by atoms with Gasteiger partial charge in [-0.1, -0.05) is 19.1 Å². The van der Waals surface area contributed by atoms with Gasteiger partial charge in [0, 0.05) is 58.4 Å². The molecule has 1 aromatic carbocycles. The Balaban J connectivity index is 1.74. The Morgan fingerprint density at radius 1 is 1.39 bits per heavy atom. The molecule has 4 heteroatoms. The predicted octanol–water partition coefficient (Wildman–Crippen LogP) is 3.29. The Hall–Kier alpha value is -1.13. The molecule has 2 aromatic rings. The number of aromatic nitrogens is 1. The quantitative estimate of drug-likeness (QED) is 0.934. The molecule has 124 valence electrons. The van der Waals surface area contributed by atoms with E-state index >= 15 is 0 Å². The van der Waals surface area contributed by atoms with E-state index in [9.17, 15) is 4.21 Å². The molecular weight excluding hydrogens is 304 g/mol. The van der Waals surface area contributed by atoms with E-state index in [1.807, 2.05) is 6.26 Å². The summed E-state index contributed by atoms with van der Waals surface area (Å²) in [6, 6.07) is 7.32. The summed E-state index contributed by atoms with van der Waals surface area (Å²) in [4.78, 5) is 6.13. The number of benzene rings is 1. The molecule has 0 radical (unpaired) electrons.